The summed E-state index contributed by atoms with van der Waals surface area (Å²) in [6, 6.07) is 14.0. The number of para-hydroxylation sites is 1. The van der Waals surface area contributed by atoms with E-state index in [-0.39, 0.29) is 0 Å². The maximum atomic E-state index is 9.90. The summed E-state index contributed by atoms with van der Waals surface area (Å²) in [5.41, 5.74) is 5.03. The molecule has 1 aliphatic rings. The van der Waals surface area contributed by atoms with Gasteiger partial charge in [-0.25, -0.2) is 0 Å². The lowest BCUT2D eigenvalue weighted by molar-refractivity contribution is 0.477. The van der Waals surface area contributed by atoms with Crippen LogP contribution in [0.15, 0.2) is 42.5 Å². The number of rotatable bonds is 1. The highest BCUT2D eigenvalue weighted by Gasteiger charge is 2.16. The van der Waals surface area contributed by atoms with Gasteiger partial charge in [-0.05, 0) is 42.0 Å². The summed E-state index contributed by atoms with van der Waals surface area (Å²) in [6.45, 7) is 0. The average Bonchev–Trinajstić information content (AvgIpc) is 2.77. The third kappa shape index (κ3) is 1.40. The molecule has 1 heteroatoms. The maximum Gasteiger partial charge on any atom is 0.123 e. The van der Waals surface area contributed by atoms with Gasteiger partial charge in [0.15, 0.2) is 0 Å². The van der Waals surface area contributed by atoms with Crippen molar-refractivity contribution in [3.8, 4) is 16.9 Å². The minimum absolute atomic E-state index is 0.378. The van der Waals surface area contributed by atoms with Crippen molar-refractivity contribution in [1.29, 1.82) is 0 Å². The van der Waals surface area contributed by atoms with E-state index >= 15 is 0 Å². The standard InChI is InChI=1S/C15H14O/c16-15-10-2-1-7-14(15)13-9-4-6-11-5-3-8-12(11)13/h1-2,4,6-7,9-10,16H,3,5,8H2. The molecule has 2 aromatic rings. The number of phenolic OH excluding ortho intramolecular Hbond substituents is 1. The Labute approximate surface area is 95.4 Å². The predicted octanol–water partition coefficient (Wildman–Crippen LogP) is 3.55. The van der Waals surface area contributed by atoms with Gasteiger partial charge in [-0.2, -0.15) is 0 Å². The molecule has 0 unspecified atom stereocenters. The fourth-order valence-corrected chi connectivity index (χ4v) is 2.57. The summed E-state index contributed by atoms with van der Waals surface area (Å²) in [5, 5.41) is 9.90. The lowest BCUT2D eigenvalue weighted by atomic mass is 9.96. The lowest BCUT2D eigenvalue weighted by Crippen LogP contribution is -1.88. The van der Waals surface area contributed by atoms with Crippen molar-refractivity contribution in [3.63, 3.8) is 0 Å². The summed E-state index contributed by atoms with van der Waals surface area (Å²) in [4.78, 5) is 0. The molecule has 80 valence electrons. The third-order valence-electron chi connectivity index (χ3n) is 3.34. The molecule has 3 rings (SSSR count). The molecule has 0 fully saturated rings. The van der Waals surface area contributed by atoms with Gasteiger partial charge in [0, 0.05) is 5.56 Å². The first-order chi connectivity index (χ1) is 7.86. The van der Waals surface area contributed by atoms with Gasteiger partial charge in [0.2, 0.25) is 0 Å². The second kappa shape index (κ2) is 3.67. The molecule has 0 heterocycles. The zero-order valence-corrected chi connectivity index (χ0v) is 9.11. The molecule has 2 aromatic carbocycles. The number of benzene rings is 2. The van der Waals surface area contributed by atoms with E-state index < -0.39 is 0 Å². The molecule has 0 spiro atoms. The fourth-order valence-electron chi connectivity index (χ4n) is 2.57. The van der Waals surface area contributed by atoms with Gasteiger partial charge in [0.05, 0.1) is 0 Å². The smallest absolute Gasteiger partial charge is 0.123 e. The molecule has 1 aliphatic carbocycles. The molecular weight excluding hydrogens is 196 g/mol. The van der Waals surface area contributed by atoms with Gasteiger partial charge < -0.3 is 5.11 Å². The Morgan fingerprint density at radius 2 is 1.62 bits per heavy atom. The summed E-state index contributed by atoms with van der Waals surface area (Å²) in [5.74, 6) is 0.378. The molecule has 0 aromatic heterocycles. The zero-order chi connectivity index (χ0) is 11.0. The maximum absolute atomic E-state index is 9.90. The van der Waals surface area contributed by atoms with Crippen LogP contribution in [0.3, 0.4) is 0 Å². The average molecular weight is 210 g/mol. The minimum Gasteiger partial charge on any atom is -0.507 e. The quantitative estimate of drug-likeness (QED) is 0.763. The normalized spacial score (nSPS) is 13.8. The van der Waals surface area contributed by atoms with E-state index in [1.54, 1.807) is 6.07 Å². The van der Waals surface area contributed by atoms with Crippen LogP contribution < -0.4 is 0 Å². The summed E-state index contributed by atoms with van der Waals surface area (Å²) >= 11 is 0. The zero-order valence-electron chi connectivity index (χ0n) is 9.11. The molecular formula is C15H14O. The fraction of sp³-hybridized carbons (Fsp3) is 0.200. The van der Waals surface area contributed by atoms with Crippen molar-refractivity contribution in [2.75, 3.05) is 0 Å². The van der Waals surface area contributed by atoms with Crippen LogP contribution in [0, 0.1) is 0 Å². The van der Waals surface area contributed by atoms with E-state index in [0.717, 1.165) is 12.0 Å². The molecule has 0 saturated heterocycles. The van der Waals surface area contributed by atoms with E-state index in [2.05, 4.69) is 18.2 Å². The monoisotopic (exact) mass is 210 g/mol. The molecule has 0 radical (unpaired) electrons. The van der Waals surface area contributed by atoms with Gasteiger partial charge in [-0.15, -0.1) is 0 Å². The van der Waals surface area contributed by atoms with Crippen LogP contribution in [0.4, 0.5) is 0 Å². The Kier molecular flexibility index (Phi) is 2.17. The molecule has 1 N–H and O–H groups in total. The molecule has 0 aliphatic heterocycles. The van der Waals surface area contributed by atoms with Crippen LogP contribution >= 0.6 is 0 Å². The van der Waals surface area contributed by atoms with E-state index in [0.29, 0.717) is 5.75 Å². The summed E-state index contributed by atoms with van der Waals surface area (Å²) < 4.78 is 0. The molecule has 0 amide bonds. The predicted molar refractivity (Wildman–Crippen MR) is 65.6 cm³/mol. The van der Waals surface area contributed by atoms with Crippen LogP contribution in [-0.4, -0.2) is 5.11 Å². The first kappa shape index (κ1) is 9.46. The van der Waals surface area contributed by atoms with Crippen molar-refractivity contribution < 1.29 is 5.11 Å². The second-order valence-electron chi connectivity index (χ2n) is 4.31. The molecule has 16 heavy (non-hydrogen) atoms. The number of fused-ring (bicyclic) bond motifs is 1. The number of aromatic hydroxyl groups is 1. The van der Waals surface area contributed by atoms with Gasteiger partial charge in [0.1, 0.15) is 5.75 Å². The molecule has 0 bridgehead atoms. The van der Waals surface area contributed by atoms with Gasteiger partial charge in [0.25, 0.3) is 0 Å². The highest BCUT2D eigenvalue weighted by atomic mass is 16.3. The first-order valence-electron chi connectivity index (χ1n) is 5.75. The third-order valence-corrected chi connectivity index (χ3v) is 3.34. The number of hydrogen-bond acceptors (Lipinski definition) is 1. The van der Waals surface area contributed by atoms with E-state index in [1.165, 1.54) is 29.5 Å². The highest BCUT2D eigenvalue weighted by molar-refractivity contribution is 5.74. The van der Waals surface area contributed by atoms with Crippen LogP contribution in [-0.2, 0) is 12.8 Å². The topological polar surface area (TPSA) is 20.2 Å². The van der Waals surface area contributed by atoms with Gasteiger partial charge >= 0.3 is 0 Å². The first-order valence-corrected chi connectivity index (χ1v) is 5.75. The van der Waals surface area contributed by atoms with Crippen LogP contribution in [0.2, 0.25) is 0 Å². The van der Waals surface area contributed by atoms with Gasteiger partial charge in [-0.1, -0.05) is 36.4 Å². The number of phenols is 1. The Balaban J connectivity index is 2.21. The van der Waals surface area contributed by atoms with Gasteiger partial charge in [-0.3, -0.25) is 0 Å². The van der Waals surface area contributed by atoms with Crippen molar-refractivity contribution >= 4 is 0 Å². The summed E-state index contributed by atoms with van der Waals surface area (Å²) in [6.07, 6.45) is 3.55. The Morgan fingerprint density at radius 3 is 2.50 bits per heavy atom. The van der Waals surface area contributed by atoms with Crippen LogP contribution in [0.25, 0.3) is 11.1 Å². The number of hydrogen-bond donors (Lipinski definition) is 1. The summed E-state index contributed by atoms with van der Waals surface area (Å²) in [7, 11) is 0. The molecule has 1 nitrogen and oxygen atoms in total. The number of aryl methyl sites for hydroxylation is 1. The van der Waals surface area contributed by atoms with Crippen LogP contribution in [0.1, 0.15) is 17.5 Å². The van der Waals surface area contributed by atoms with Crippen LogP contribution in [0.5, 0.6) is 5.75 Å². The Bertz CT molecular complexity index is 529. The lowest BCUT2D eigenvalue weighted by Gasteiger charge is -2.09. The van der Waals surface area contributed by atoms with E-state index in [4.69, 9.17) is 0 Å². The highest BCUT2D eigenvalue weighted by Crippen LogP contribution is 2.36. The second-order valence-corrected chi connectivity index (χ2v) is 4.31. The SMILES string of the molecule is Oc1ccccc1-c1cccc2c1CCC2. The van der Waals surface area contributed by atoms with Crippen molar-refractivity contribution in [2.45, 2.75) is 19.3 Å². The Hall–Kier alpha value is -1.76. The van der Waals surface area contributed by atoms with Crippen molar-refractivity contribution in [1.82, 2.24) is 0 Å². The minimum atomic E-state index is 0.378. The molecule has 0 atom stereocenters. The molecule has 0 saturated carbocycles. The largest absolute Gasteiger partial charge is 0.507 e. The Morgan fingerprint density at radius 1 is 0.812 bits per heavy atom. The van der Waals surface area contributed by atoms with Crippen molar-refractivity contribution in [3.05, 3.63) is 53.6 Å². The van der Waals surface area contributed by atoms with E-state index in [9.17, 15) is 5.11 Å². The van der Waals surface area contributed by atoms with E-state index in [1.807, 2.05) is 18.2 Å². The van der Waals surface area contributed by atoms with Crippen molar-refractivity contribution in [2.24, 2.45) is 0 Å².